The Morgan fingerprint density at radius 2 is 2.29 bits per heavy atom. The van der Waals surface area contributed by atoms with Gasteiger partial charge in [-0.3, -0.25) is 0 Å². The maximum absolute atomic E-state index is 13.2. The topological polar surface area (TPSA) is 39.6 Å². The molecule has 14 heavy (non-hydrogen) atoms. The number of aromatic nitrogens is 1. The van der Waals surface area contributed by atoms with Crippen molar-refractivity contribution in [2.24, 2.45) is 0 Å². The number of para-hydroxylation sites is 1. The second-order valence-corrected chi connectivity index (χ2v) is 3.13. The second kappa shape index (κ2) is 3.51. The van der Waals surface area contributed by atoms with Gasteiger partial charge in [-0.15, -0.1) is 0 Å². The maximum Gasteiger partial charge on any atom is 0.147 e. The normalized spacial score (nSPS) is 10.3. The quantitative estimate of drug-likeness (QED) is 0.773. The van der Waals surface area contributed by atoms with Crippen molar-refractivity contribution in [1.29, 1.82) is 5.26 Å². The van der Waals surface area contributed by atoms with Gasteiger partial charge in [0.25, 0.3) is 0 Å². The van der Waals surface area contributed by atoms with Crippen LogP contribution in [0.25, 0.3) is 10.9 Å². The molecule has 0 saturated heterocycles. The van der Waals surface area contributed by atoms with Crippen molar-refractivity contribution in [2.45, 2.75) is 12.8 Å². The van der Waals surface area contributed by atoms with Crippen molar-refractivity contribution in [3.05, 3.63) is 35.8 Å². The first-order chi connectivity index (χ1) is 6.83. The molecular weight excluding hydrogens is 179 g/mol. The van der Waals surface area contributed by atoms with E-state index in [0.717, 1.165) is 10.9 Å². The second-order valence-electron chi connectivity index (χ2n) is 3.13. The standard InChI is InChI=1S/C11H9FN2/c12-10-5-1-4-9-8(3-2-6-13)7-14-11(9)10/h1,4-5,7,14H,2-3H2. The number of hydrogen-bond donors (Lipinski definition) is 1. The number of nitrogens with zero attached hydrogens (tertiary/aromatic N) is 1. The van der Waals surface area contributed by atoms with Gasteiger partial charge in [0.05, 0.1) is 11.6 Å². The number of halogens is 1. The highest BCUT2D eigenvalue weighted by Gasteiger charge is 2.05. The van der Waals surface area contributed by atoms with Crippen LogP contribution in [0.5, 0.6) is 0 Å². The van der Waals surface area contributed by atoms with E-state index in [1.165, 1.54) is 6.07 Å². The molecule has 0 radical (unpaired) electrons. The summed E-state index contributed by atoms with van der Waals surface area (Å²) in [7, 11) is 0. The average Bonchev–Trinajstić information content (AvgIpc) is 2.60. The van der Waals surface area contributed by atoms with Gasteiger partial charge in [-0.2, -0.15) is 5.26 Å². The van der Waals surface area contributed by atoms with E-state index in [1.54, 1.807) is 12.3 Å². The lowest BCUT2D eigenvalue weighted by atomic mass is 10.1. The SMILES string of the molecule is N#CCCc1c[nH]c2c(F)cccc12. The van der Waals surface area contributed by atoms with Crippen molar-refractivity contribution >= 4 is 10.9 Å². The lowest BCUT2D eigenvalue weighted by Gasteiger charge is -1.94. The highest BCUT2D eigenvalue weighted by Crippen LogP contribution is 2.21. The van der Waals surface area contributed by atoms with Crippen LogP contribution in [0.3, 0.4) is 0 Å². The first-order valence-electron chi connectivity index (χ1n) is 4.44. The Bertz CT molecular complexity index is 493. The molecule has 2 rings (SSSR count). The van der Waals surface area contributed by atoms with Gasteiger partial charge in [-0.05, 0) is 18.1 Å². The van der Waals surface area contributed by atoms with Gasteiger partial charge in [-0.25, -0.2) is 4.39 Å². The van der Waals surface area contributed by atoms with E-state index >= 15 is 0 Å². The molecule has 0 saturated carbocycles. The summed E-state index contributed by atoms with van der Waals surface area (Å²) in [5, 5.41) is 9.33. The largest absolute Gasteiger partial charge is 0.359 e. The fourth-order valence-electron chi connectivity index (χ4n) is 1.57. The van der Waals surface area contributed by atoms with Gasteiger partial charge in [0, 0.05) is 18.0 Å². The molecule has 0 aliphatic rings. The van der Waals surface area contributed by atoms with Gasteiger partial charge in [-0.1, -0.05) is 12.1 Å². The maximum atomic E-state index is 13.2. The molecule has 1 aromatic heterocycles. The molecular formula is C11H9FN2. The lowest BCUT2D eigenvalue weighted by Crippen LogP contribution is -1.81. The number of nitriles is 1. The molecule has 0 bridgehead atoms. The predicted octanol–water partition coefficient (Wildman–Crippen LogP) is 2.76. The van der Waals surface area contributed by atoms with Gasteiger partial charge in [0.2, 0.25) is 0 Å². The zero-order valence-corrected chi connectivity index (χ0v) is 7.55. The minimum absolute atomic E-state index is 0.245. The minimum Gasteiger partial charge on any atom is -0.359 e. The van der Waals surface area contributed by atoms with Gasteiger partial charge in [0.1, 0.15) is 5.82 Å². The van der Waals surface area contributed by atoms with Crippen molar-refractivity contribution in [2.75, 3.05) is 0 Å². The highest BCUT2D eigenvalue weighted by molar-refractivity contribution is 5.83. The van der Waals surface area contributed by atoms with E-state index in [-0.39, 0.29) is 5.82 Å². The lowest BCUT2D eigenvalue weighted by molar-refractivity contribution is 0.637. The number of aryl methyl sites for hydroxylation is 1. The van der Waals surface area contributed by atoms with Crippen LogP contribution in [-0.2, 0) is 6.42 Å². The van der Waals surface area contributed by atoms with Crippen LogP contribution in [0.1, 0.15) is 12.0 Å². The van der Waals surface area contributed by atoms with Crippen molar-refractivity contribution in [3.8, 4) is 6.07 Å². The molecule has 0 fully saturated rings. The van der Waals surface area contributed by atoms with Crippen molar-refractivity contribution < 1.29 is 4.39 Å². The molecule has 0 aliphatic heterocycles. The molecule has 0 aliphatic carbocycles. The zero-order valence-electron chi connectivity index (χ0n) is 7.55. The average molecular weight is 188 g/mol. The summed E-state index contributed by atoms with van der Waals surface area (Å²) in [6, 6.07) is 7.05. The van der Waals surface area contributed by atoms with Crippen LogP contribution in [-0.4, -0.2) is 4.98 Å². The van der Waals surface area contributed by atoms with Crippen molar-refractivity contribution in [1.82, 2.24) is 4.98 Å². The molecule has 0 unspecified atom stereocenters. The van der Waals surface area contributed by atoms with E-state index in [1.807, 2.05) is 6.07 Å². The molecule has 1 heterocycles. The number of H-pyrrole nitrogens is 1. The first-order valence-corrected chi connectivity index (χ1v) is 4.44. The van der Waals surface area contributed by atoms with Crippen LogP contribution in [0.2, 0.25) is 0 Å². The number of nitrogens with one attached hydrogen (secondary N) is 1. The number of aromatic amines is 1. The monoisotopic (exact) mass is 188 g/mol. The Morgan fingerprint density at radius 3 is 3.07 bits per heavy atom. The number of hydrogen-bond acceptors (Lipinski definition) is 1. The summed E-state index contributed by atoms with van der Waals surface area (Å²) in [6.07, 6.45) is 2.90. The zero-order chi connectivity index (χ0) is 9.97. The van der Waals surface area contributed by atoms with Crippen LogP contribution in [0.15, 0.2) is 24.4 Å². The smallest absolute Gasteiger partial charge is 0.147 e. The number of rotatable bonds is 2. The highest BCUT2D eigenvalue weighted by atomic mass is 19.1. The van der Waals surface area contributed by atoms with Crippen LogP contribution < -0.4 is 0 Å². The number of benzene rings is 1. The Kier molecular flexibility index (Phi) is 2.19. The third-order valence-corrected chi connectivity index (χ3v) is 2.26. The predicted molar refractivity (Wildman–Crippen MR) is 52.2 cm³/mol. The molecule has 0 spiro atoms. The fourth-order valence-corrected chi connectivity index (χ4v) is 1.57. The summed E-state index contributed by atoms with van der Waals surface area (Å²) in [6.45, 7) is 0. The van der Waals surface area contributed by atoms with Gasteiger partial charge >= 0.3 is 0 Å². The van der Waals surface area contributed by atoms with Gasteiger partial charge in [0.15, 0.2) is 0 Å². The molecule has 0 atom stereocenters. The molecule has 0 amide bonds. The Balaban J connectivity index is 2.48. The summed E-state index contributed by atoms with van der Waals surface area (Å²) in [5.41, 5.74) is 1.53. The van der Waals surface area contributed by atoms with Crippen LogP contribution in [0, 0.1) is 17.1 Å². The summed E-state index contributed by atoms with van der Waals surface area (Å²) >= 11 is 0. The van der Waals surface area contributed by atoms with Gasteiger partial charge < -0.3 is 4.98 Å². The third kappa shape index (κ3) is 1.35. The molecule has 1 N–H and O–H groups in total. The Hall–Kier alpha value is -1.82. The third-order valence-electron chi connectivity index (χ3n) is 2.26. The van der Waals surface area contributed by atoms with Crippen molar-refractivity contribution in [3.63, 3.8) is 0 Å². The van der Waals surface area contributed by atoms with E-state index in [0.29, 0.717) is 18.4 Å². The van der Waals surface area contributed by atoms with E-state index < -0.39 is 0 Å². The Morgan fingerprint density at radius 1 is 1.43 bits per heavy atom. The fraction of sp³-hybridized carbons (Fsp3) is 0.182. The van der Waals surface area contributed by atoms with E-state index in [9.17, 15) is 4.39 Å². The molecule has 3 heteroatoms. The summed E-state index contributed by atoms with van der Waals surface area (Å²) in [5.74, 6) is -0.245. The summed E-state index contributed by atoms with van der Waals surface area (Å²) < 4.78 is 13.2. The first kappa shape index (κ1) is 8.76. The molecule has 70 valence electrons. The summed E-state index contributed by atoms with van der Waals surface area (Å²) in [4.78, 5) is 2.88. The van der Waals surface area contributed by atoms with E-state index in [4.69, 9.17) is 5.26 Å². The van der Waals surface area contributed by atoms with Crippen LogP contribution >= 0.6 is 0 Å². The molecule has 1 aromatic carbocycles. The molecule has 2 nitrogen and oxygen atoms in total. The van der Waals surface area contributed by atoms with E-state index in [2.05, 4.69) is 11.1 Å². The number of fused-ring (bicyclic) bond motifs is 1. The molecule has 2 aromatic rings. The minimum atomic E-state index is -0.245. The van der Waals surface area contributed by atoms with Crippen LogP contribution in [0.4, 0.5) is 4.39 Å². The Labute approximate surface area is 81.0 Å².